The van der Waals surface area contributed by atoms with Gasteiger partial charge in [-0.15, -0.1) is 6.58 Å². The number of rotatable bonds is 5. The topological polar surface area (TPSA) is 104 Å². The number of thioether (sulfide) groups is 1. The quantitative estimate of drug-likeness (QED) is 0.432. The molecule has 1 aliphatic heterocycles. The predicted molar refractivity (Wildman–Crippen MR) is 96.8 cm³/mol. The molecular weight excluding hydrogens is 340 g/mol. The van der Waals surface area contributed by atoms with Crippen molar-refractivity contribution >= 4 is 35.1 Å². The Morgan fingerprint density at radius 2 is 2.12 bits per heavy atom. The summed E-state index contributed by atoms with van der Waals surface area (Å²) < 4.78 is 0. The molecule has 1 aromatic carbocycles. The zero-order valence-corrected chi connectivity index (χ0v) is 14.1. The van der Waals surface area contributed by atoms with Crippen molar-refractivity contribution in [3.8, 4) is 0 Å². The number of nitrogens with one attached hydrogen (secondary N) is 3. The van der Waals surface area contributed by atoms with Crippen LogP contribution in [0.4, 0.5) is 11.5 Å². The molecule has 0 fully saturated rings. The van der Waals surface area contributed by atoms with E-state index in [0.717, 1.165) is 0 Å². The second kappa shape index (κ2) is 7.35. The highest BCUT2D eigenvalue weighted by molar-refractivity contribution is 7.99. The standard InChI is InChI=1S/C17H16N4O3S/c1-2-8-25-17-20-14-13(16(24)21-17)11(9-12(22)19-14)15(23)18-10-6-4-3-5-7-10/h2-7,11H,1,8-9H2,(H,18,23)(H2,19,20,21,22,24)/t11-/m1/s1. The Hall–Kier alpha value is -2.87. The second-order valence-electron chi connectivity index (χ2n) is 5.39. The molecule has 8 heteroatoms. The number of amides is 2. The van der Waals surface area contributed by atoms with E-state index < -0.39 is 17.4 Å². The molecule has 1 aliphatic rings. The number of para-hydroxylation sites is 1. The average molecular weight is 356 g/mol. The molecular formula is C17H16N4O3S. The van der Waals surface area contributed by atoms with Gasteiger partial charge in [-0.3, -0.25) is 14.4 Å². The van der Waals surface area contributed by atoms with Crippen LogP contribution < -0.4 is 16.2 Å². The van der Waals surface area contributed by atoms with Crippen LogP contribution in [0.15, 0.2) is 52.9 Å². The molecule has 0 aliphatic carbocycles. The number of fused-ring (bicyclic) bond motifs is 1. The van der Waals surface area contributed by atoms with Crippen LogP contribution in [0.25, 0.3) is 0 Å². The summed E-state index contributed by atoms with van der Waals surface area (Å²) >= 11 is 1.28. The van der Waals surface area contributed by atoms with Crippen LogP contribution in [0.3, 0.4) is 0 Å². The van der Waals surface area contributed by atoms with Crippen molar-refractivity contribution in [1.29, 1.82) is 0 Å². The van der Waals surface area contributed by atoms with Gasteiger partial charge in [0.1, 0.15) is 5.82 Å². The van der Waals surface area contributed by atoms with Crippen LogP contribution >= 0.6 is 11.8 Å². The van der Waals surface area contributed by atoms with Gasteiger partial charge in [0.2, 0.25) is 11.8 Å². The Bertz CT molecular complexity index is 879. The Morgan fingerprint density at radius 3 is 2.84 bits per heavy atom. The van der Waals surface area contributed by atoms with Crippen LogP contribution in [0.2, 0.25) is 0 Å². The highest BCUT2D eigenvalue weighted by Gasteiger charge is 2.34. The van der Waals surface area contributed by atoms with Crippen molar-refractivity contribution in [3.05, 3.63) is 58.9 Å². The Morgan fingerprint density at radius 1 is 1.36 bits per heavy atom. The van der Waals surface area contributed by atoms with Crippen molar-refractivity contribution in [2.45, 2.75) is 17.5 Å². The molecule has 25 heavy (non-hydrogen) atoms. The van der Waals surface area contributed by atoms with Crippen molar-refractivity contribution < 1.29 is 9.59 Å². The summed E-state index contributed by atoms with van der Waals surface area (Å²) in [5, 5.41) is 5.68. The predicted octanol–water partition coefficient (Wildman–Crippen LogP) is 2.11. The van der Waals surface area contributed by atoms with Crippen molar-refractivity contribution in [3.63, 3.8) is 0 Å². The number of benzene rings is 1. The maximum Gasteiger partial charge on any atom is 0.257 e. The number of nitrogens with zero attached hydrogens (tertiary/aromatic N) is 1. The smallest absolute Gasteiger partial charge is 0.257 e. The number of hydrogen-bond acceptors (Lipinski definition) is 5. The van der Waals surface area contributed by atoms with E-state index in [2.05, 4.69) is 27.2 Å². The first-order chi connectivity index (χ1) is 12.1. The molecule has 0 saturated heterocycles. The van der Waals surface area contributed by atoms with Gasteiger partial charge in [0.05, 0.1) is 11.5 Å². The summed E-state index contributed by atoms with van der Waals surface area (Å²) in [5.41, 5.74) is 0.350. The minimum absolute atomic E-state index is 0.102. The average Bonchev–Trinajstić information content (AvgIpc) is 2.59. The maximum atomic E-state index is 12.6. The molecule has 128 valence electrons. The molecule has 2 aromatic rings. The maximum absolute atomic E-state index is 12.6. The number of H-pyrrole nitrogens is 1. The first-order valence-electron chi connectivity index (χ1n) is 7.62. The summed E-state index contributed by atoms with van der Waals surface area (Å²) in [6.07, 6.45) is 1.58. The zero-order valence-electron chi connectivity index (χ0n) is 13.2. The van der Waals surface area contributed by atoms with Gasteiger partial charge in [0.15, 0.2) is 5.16 Å². The van der Waals surface area contributed by atoms with Gasteiger partial charge in [0.25, 0.3) is 5.56 Å². The fourth-order valence-electron chi connectivity index (χ4n) is 2.53. The number of anilines is 2. The molecule has 2 heterocycles. The van der Waals surface area contributed by atoms with E-state index in [-0.39, 0.29) is 23.7 Å². The van der Waals surface area contributed by atoms with E-state index in [1.54, 1.807) is 30.3 Å². The lowest BCUT2D eigenvalue weighted by Crippen LogP contribution is -2.36. The molecule has 0 unspecified atom stereocenters. The molecule has 3 rings (SSSR count). The molecule has 7 nitrogen and oxygen atoms in total. The number of carbonyl (C=O) groups excluding carboxylic acids is 2. The first-order valence-corrected chi connectivity index (χ1v) is 8.60. The minimum Gasteiger partial charge on any atom is -0.326 e. The lowest BCUT2D eigenvalue weighted by molar-refractivity contribution is -0.123. The summed E-state index contributed by atoms with van der Waals surface area (Å²) in [5.74, 6) is -0.953. The van der Waals surface area contributed by atoms with Crippen LogP contribution in [-0.2, 0) is 9.59 Å². The minimum atomic E-state index is -0.890. The van der Waals surface area contributed by atoms with Gasteiger partial charge < -0.3 is 15.6 Å². The number of carbonyl (C=O) groups is 2. The van der Waals surface area contributed by atoms with E-state index in [1.807, 2.05) is 6.07 Å². The van der Waals surface area contributed by atoms with E-state index in [1.165, 1.54) is 11.8 Å². The van der Waals surface area contributed by atoms with Gasteiger partial charge in [-0.2, -0.15) is 0 Å². The van der Waals surface area contributed by atoms with E-state index in [0.29, 0.717) is 16.6 Å². The molecule has 2 amide bonds. The highest BCUT2D eigenvalue weighted by Crippen LogP contribution is 2.30. The third-order valence-electron chi connectivity index (χ3n) is 3.63. The fraction of sp³-hybridized carbons (Fsp3) is 0.176. The van der Waals surface area contributed by atoms with Crippen molar-refractivity contribution in [2.75, 3.05) is 16.4 Å². The van der Waals surface area contributed by atoms with Gasteiger partial charge >= 0.3 is 0 Å². The third kappa shape index (κ3) is 3.80. The molecule has 1 atom stereocenters. The normalized spacial score (nSPS) is 15.8. The van der Waals surface area contributed by atoms with E-state index in [9.17, 15) is 14.4 Å². The monoisotopic (exact) mass is 356 g/mol. The Labute approximate surface area is 147 Å². The summed E-state index contributed by atoms with van der Waals surface area (Å²) in [6.45, 7) is 3.61. The van der Waals surface area contributed by atoms with Crippen molar-refractivity contribution in [1.82, 2.24) is 9.97 Å². The Balaban J connectivity index is 1.92. The molecule has 0 spiro atoms. The van der Waals surface area contributed by atoms with E-state index >= 15 is 0 Å². The first kappa shape index (κ1) is 17.0. The van der Waals surface area contributed by atoms with Crippen molar-refractivity contribution in [2.24, 2.45) is 0 Å². The van der Waals surface area contributed by atoms with Gasteiger partial charge in [-0.25, -0.2) is 4.98 Å². The van der Waals surface area contributed by atoms with Crippen LogP contribution in [0.5, 0.6) is 0 Å². The lowest BCUT2D eigenvalue weighted by atomic mass is 9.92. The summed E-state index contributed by atoms with van der Waals surface area (Å²) in [6, 6.07) is 8.87. The van der Waals surface area contributed by atoms with E-state index in [4.69, 9.17) is 0 Å². The van der Waals surface area contributed by atoms with Crippen LogP contribution in [0.1, 0.15) is 17.9 Å². The molecule has 0 bridgehead atoms. The molecule has 0 saturated carbocycles. The summed E-state index contributed by atoms with van der Waals surface area (Å²) in [4.78, 5) is 43.9. The Kier molecular flexibility index (Phi) is 4.99. The highest BCUT2D eigenvalue weighted by atomic mass is 32.2. The van der Waals surface area contributed by atoms with Crippen LogP contribution in [-0.4, -0.2) is 27.5 Å². The van der Waals surface area contributed by atoms with Gasteiger partial charge in [-0.1, -0.05) is 36.0 Å². The second-order valence-corrected chi connectivity index (χ2v) is 6.40. The largest absolute Gasteiger partial charge is 0.326 e. The van der Waals surface area contributed by atoms with Gasteiger partial charge in [0, 0.05) is 17.9 Å². The third-order valence-corrected chi connectivity index (χ3v) is 4.49. The number of aromatic amines is 1. The number of aromatic nitrogens is 2. The molecule has 1 aromatic heterocycles. The molecule has 3 N–H and O–H groups in total. The SMILES string of the molecule is C=CCSc1nc2c(c(=O)[nH]1)[C@H](C(=O)Nc1ccccc1)CC(=O)N2. The fourth-order valence-corrected chi connectivity index (χ4v) is 3.13. The zero-order chi connectivity index (χ0) is 17.8. The number of hydrogen-bond donors (Lipinski definition) is 3. The lowest BCUT2D eigenvalue weighted by Gasteiger charge is -2.23. The van der Waals surface area contributed by atoms with Crippen LogP contribution in [0, 0.1) is 0 Å². The van der Waals surface area contributed by atoms with Gasteiger partial charge in [-0.05, 0) is 12.1 Å². The molecule has 0 radical (unpaired) electrons. The summed E-state index contributed by atoms with van der Waals surface area (Å²) in [7, 11) is 0.